The first-order valence-electron chi connectivity index (χ1n) is 6.51. The fourth-order valence-electron chi connectivity index (χ4n) is 3.01. The van der Waals surface area contributed by atoms with E-state index in [1.54, 1.807) is 6.07 Å². The highest BCUT2D eigenvalue weighted by molar-refractivity contribution is 7.12. The van der Waals surface area contributed by atoms with Crippen LogP contribution in [0.3, 0.4) is 0 Å². The molecule has 4 heteroatoms. The zero-order chi connectivity index (χ0) is 13.0. The van der Waals surface area contributed by atoms with Crippen molar-refractivity contribution in [2.75, 3.05) is 5.06 Å². The SMILES string of the molecule is Cc1ccc([C@@H]2C[C@H]3Cc4cc(F)ccc4N2O3)s1. The van der Waals surface area contributed by atoms with Crippen LogP contribution in [0.4, 0.5) is 10.1 Å². The van der Waals surface area contributed by atoms with Crippen molar-refractivity contribution in [2.45, 2.75) is 31.9 Å². The summed E-state index contributed by atoms with van der Waals surface area (Å²) in [4.78, 5) is 8.60. The van der Waals surface area contributed by atoms with Crippen LogP contribution in [0.15, 0.2) is 30.3 Å². The Morgan fingerprint density at radius 2 is 2.21 bits per heavy atom. The highest BCUT2D eigenvalue weighted by Crippen LogP contribution is 2.46. The van der Waals surface area contributed by atoms with Gasteiger partial charge in [0.05, 0.1) is 17.8 Å². The largest absolute Gasteiger partial charge is 0.269 e. The van der Waals surface area contributed by atoms with E-state index in [-0.39, 0.29) is 18.0 Å². The Kier molecular flexibility index (Phi) is 2.44. The Labute approximate surface area is 115 Å². The Hall–Kier alpha value is -1.39. The van der Waals surface area contributed by atoms with Gasteiger partial charge in [-0.15, -0.1) is 11.3 Å². The fourth-order valence-corrected chi connectivity index (χ4v) is 3.98. The molecule has 2 aromatic rings. The molecule has 19 heavy (non-hydrogen) atoms. The van der Waals surface area contributed by atoms with Crippen LogP contribution in [0.1, 0.15) is 27.8 Å². The first-order chi connectivity index (χ1) is 9.20. The summed E-state index contributed by atoms with van der Waals surface area (Å²) in [5, 5.41) is 1.98. The van der Waals surface area contributed by atoms with Crippen LogP contribution in [0.5, 0.6) is 0 Å². The molecule has 0 amide bonds. The van der Waals surface area contributed by atoms with Gasteiger partial charge in [0.25, 0.3) is 0 Å². The number of nitrogens with zero attached hydrogens (tertiary/aromatic N) is 1. The van der Waals surface area contributed by atoms with Crippen molar-refractivity contribution in [2.24, 2.45) is 0 Å². The number of halogens is 1. The lowest BCUT2D eigenvalue weighted by Gasteiger charge is -2.29. The molecule has 0 radical (unpaired) electrons. The predicted molar refractivity (Wildman–Crippen MR) is 73.9 cm³/mol. The van der Waals surface area contributed by atoms with Crippen LogP contribution >= 0.6 is 11.3 Å². The monoisotopic (exact) mass is 275 g/mol. The summed E-state index contributed by atoms with van der Waals surface area (Å²) in [5.74, 6) is -0.162. The molecule has 4 rings (SSSR count). The van der Waals surface area contributed by atoms with Gasteiger partial charge < -0.3 is 0 Å². The molecule has 0 saturated carbocycles. The second kappa shape index (κ2) is 4.05. The first kappa shape index (κ1) is 11.4. The van der Waals surface area contributed by atoms with E-state index in [9.17, 15) is 4.39 Å². The van der Waals surface area contributed by atoms with Gasteiger partial charge in [0.15, 0.2) is 0 Å². The molecule has 3 heterocycles. The van der Waals surface area contributed by atoms with Crippen molar-refractivity contribution in [3.8, 4) is 0 Å². The van der Waals surface area contributed by atoms with E-state index >= 15 is 0 Å². The standard InChI is InChI=1S/C15H14FNOS/c1-9-2-5-15(19-9)14-8-12-7-10-6-11(16)3-4-13(10)17(14)18-12/h2-6,12,14H,7-8H2,1H3/t12-,14+/m1/s1. The lowest BCUT2D eigenvalue weighted by Crippen LogP contribution is -2.27. The predicted octanol–water partition coefficient (Wildman–Crippen LogP) is 4.00. The van der Waals surface area contributed by atoms with Crippen molar-refractivity contribution < 1.29 is 9.23 Å². The quantitative estimate of drug-likeness (QED) is 0.780. The summed E-state index contributed by atoms with van der Waals surface area (Å²) in [5.41, 5.74) is 2.08. The lowest BCUT2D eigenvalue weighted by atomic mass is 10.0. The van der Waals surface area contributed by atoms with E-state index in [0.29, 0.717) is 0 Å². The van der Waals surface area contributed by atoms with Gasteiger partial charge >= 0.3 is 0 Å². The highest BCUT2D eigenvalue weighted by Gasteiger charge is 2.40. The van der Waals surface area contributed by atoms with Gasteiger partial charge in [-0.25, -0.2) is 9.45 Å². The molecule has 2 aliphatic heterocycles. The molecule has 2 aliphatic rings. The molecule has 0 spiro atoms. The van der Waals surface area contributed by atoms with Crippen LogP contribution in [0.25, 0.3) is 0 Å². The topological polar surface area (TPSA) is 12.5 Å². The zero-order valence-corrected chi connectivity index (χ0v) is 11.4. The van der Waals surface area contributed by atoms with Gasteiger partial charge in [-0.1, -0.05) is 0 Å². The molecule has 1 saturated heterocycles. The minimum atomic E-state index is -0.162. The van der Waals surface area contributed by atoms with Crippen molar-refractivity contribution in [1.82, 2.24) is 0 Å². The van der Waals surface area contributed by atoms with Crippen molar-refractivity contribution >= 4 is 17.0 Å². The number of anilines is 1. The third-order valence-corrected chi connectivity index (χ3v) is 4.95. The number of hydrogen-bond donors (Lipinski definition) is 0. The molecular weight excluding hydrogens is 261 g/mol. The van der Waals surface area contributed by atoms with Crippen LogP contribution in [0.2, 0.25) is 0 Å². The minimum absolute atomic E-state index is 0.162. The van der Waals surface area contributed by atoms with Crippen LogP contribution < -0.4 is 5.06 Å². The van der Waals surface area contributed by atoms with Crippen molar-refractivity contribution in [3.63, 3.8) is 0 Å². The molecule has 0 N–H and O–H groups in total. The molecular formula is C15H14FNOS. The smallest absolute Gasteiger partial charge is 0.123 e. The third kappa shape index (κ3) is 1.78. The Morgan fingerprint density at radius 1 is 1.32 bits per heavy atom. The van der Waals surface area contributed by atoms with E-state index in [0.717, 1.165) is 24.1 Å². The first-order valence-corrected chi connectivity index (χ1v) is 7.33. The third-order valence-electron chi connectivity index (χ3n) is 3.85. The Morgan fingerprint density at radius 3 is 3.00 bits per heavy atom. The molecule has 98 valence electrons. The number of aryl methyl sites for hydroxylation is 1. The van der Waals surface area contributed by atoms with Crippen LogP contribution in [0, 0.1) is 12.7 Å². The molecule has 1 aromatic heterocycles. The van der Waals surface area contributed by atoms with Gasteiger partial charge in [-0.2, -0.15) is 0 Å². The van der Waals surface area contributed by atoms with Crippen LogP contribution in [-0.4, -0.2) is 6.10 Å². The Bertz CT molecular complexity index is 639. The number of rotatable bonds is 1. The molecule has 0 aliphatic carbocycles. The maximum absolute atomic E-state index is 13.3. The number of benzene rings is 1. The van der Waals surface area contributed by atoms with E-state index in [4.69, 9.17) is 4.84 Å². The molecule has 2 bridgehead atoms. The average molecular weight is 275 g/mol. The molecule has 0 unspecified atom stereocenters. The zero-order valence-electron chi connectivity index (χ0n) is 10.6. The summed E-state index contributed by atoms with van der Waals surface area (Å²) in [7, 11) is 0. The minimum Gasteiger partial charge on any atom is -0.269 e. The molecule has 1 aromatic carbocycles. The maximum Gasteiger partial charge on any atom is 0.123 e. The second-order valence-corrected chi connectivity index (χ2v) is 6.55. The molecule has 1 fully saturated rings. The summed E-state index contributed by atoms with van der Waals surface area (Å²) in [6.45, 7) is 2.12. The molecule has 2 nitrogen and oxygen atoms in total. The number of fused-ring (bicyclic) bond motifs is 4. The highest BCUT2D eigenvalue weighted by atomic mass is 32.1. The summed E-state index contributed by atoms with van der Waals surface area (Å²) in [6, 6.07) is 9.58. The second-order valence-electron chi connectivity index (χ2n) is 5.23. The van der Waals surface area contributed by atoms with E-state index < -0.39 is 0 Å². The van der Waals surface area contributed by atoms with Gasteiger partial charge in [-0.05, 0) is 42.8 Å². The fraction of sp³-hybridized carbons (Fsp3) is 0.333. The number of thiophene rings is 1. The summed E-state index contributed by atoms with van der Waals surface area (Å²) in [6.07, 6.45) is 1.97. The van der Waals surface area contributed by atoms with Crippen molar-refractivity contribution in [1.29, 1.82) is 0 Å². The maximum atomic E-state index is 13.3. The average Bonchev–Trinajstić information content (AvgIpc) is 2.94. The van der Waals surface area contributed by atoms with E-state index in [1.165, 1.54) is 15.8 Å². The normalized spacial score (nSPS) is 24.6. The van der Waals surface area contributed by atoms with Crippen LogP contribution in [-0.2, 0) is 11.3 Å². The van der Waals surface area contributed by atoms with E-state index in [1.807, 2.05) is 22.5 Å². The Balaban J connectivity index is 1.77. The van der Waals surface area contributed by atoms with E-state index in [2.05, 4.69) is 19.1 Å². The van der Waals surface area contributed by atoms with Gasteiger partial charge in [-0.3, -0.25) is 4.84 Å². The van der Waals surface area contributed by atoms with Gasteiger partial charge in [0.1, 0.15) is 5.82 Å². The van der Waals surface area contributed by atoms with Crippen molar-refractivity contribution in [3.05, 3.63) is 51.5 Å². The summed E-state index contributed by atoms with van der Waals surface area (Å²) < 4.78 is 13.3. The molecule has 2 atom stereocenters. The number of hydroxylamine groups is 1. The van der Waals surface area contributed by atoms with Gasteiger partial charge in [0.2, 0.25) is 0 Å². The lowest BCUT2D eigenvalue weighted by molar-refractivity contribution is 0.0734. The number of hydrogen-bond acceptors (Lipinski definition) is 3. The summed E-state index contributed by atoms with van der Waals surface area (Å²) >= 11 is 1.82. The van der Waals surface area contributed by atoms with Gasteiger partial charge in [0, 0.05) is 22.6 Å².